The molecule has 3 rings (SSSR count). The van der Waals surface area contributed by atoms with E-state index >= 15 is 0 Å². The predicted octanol–water partition coefficient (Wildman–Crippen LogP) is 4.89. The number of carbonyl (C=O) groups excluding carboxylic acids is 2. The second-order valence-electron chi connectivity index (χ2n) is 6.36. The minimum Gasteiger partial charge on any atom is -0.467 e. The van der Waals surface area contributed by atoms with Gasteiger partial charge in [-0.25, -0.2) is 4.79 Å². The minimum absolute atomic E-state index is 0.327. The van der Waals surface area contributed by atoms with Gasteiger partial charge in [-0.2, -0.15) is 0 Å². The summed E-state index contributed by atoms with van der Waals surface area (Å²) >= 11 is 5.95. The number of rotatable bonds is 7. The van der Waals surface area contributed by atoms with Crippen molar-refractivity contribution in [3.63, 3.8) is 0 Å². The fraction of sp³-hybridized carbons (Fsp3) is 0.130. The topological polar surface area (TPSA) is 68.5 Å². The van der Waals surface area contributed by atoms with Crippen molar-refractivity contribution in [2.45, 2.75) is 13.0 Å². The maximum absolute atomic E-state index is 12.7. The number of hydrogen-bond donors (Lipinski definition) is 1. The number of hydrogen-bond acceptors (Lipinski definition) is 4. The Morgan fingerprint density at radius 3 is 2.45 bits per heavy atom. The molecule has 0 unspecified atom stereocenters. The Balaban J connectivity index is 1.70. The van der Waals surface area contributed by atoms with Crippen molar-refractivity contribution < 1.29 is 18.7 Å². The molecule has 2 aromatic carbocycles. The molecule has 3 aromatic rings. The van der Waals surface area contributed by atoms with Gasteiger partial charge in [0.25, 0.3) is 5.91 Å². The third-order valence-electron chi connectivity index (χ3n) is 4.17. The number of carbonyl (C=O) groups is 2. The van der Waals surface area contributed by atoms with E-state index in [9.17, 15) is 9.59 Å². The van der Waals surface area contributed by atoms with E-state index in [4.69, 9.17) is 20.8 Å². The lowest BCUT2D eigenvalue weighted by atomic mass is 10.0. The van der Waals surface area contributed by atoms with E-state index in [-0.39, 0.29) is 6.04 Å². The van der Waals surface area contributed by atoms with Gasteiger partial charge in [-0.15, -0.1) is 0 Å². The second-order valence-corrected chi connectivity index (χ2v) is 6.79. The van der Waals surface area contributed by atoms with Crippen LogP contribution in [0, 0.1) is 0 Å². The molecule has 5 nitrogen and oxygen atoms in total. The zero-order valence-corrected chi connectivity index (χ0v) is 16.6. The quantitative estimate of drug-likeness (QED) is 0.342. The lowest BCUT2D eigenvalue weighted by Crippen LogP contribution is -2.31. The van der Waals surface area contributed by atoms with Crippen molar-refractivity contribution >= 4 is 35.1 Å². The lowest BCUT2D eigenvalue weighted by molar-refractivity contribution is -0.143. The molecule has 148 valence electrons. The van der Waals surface area contributed by atoms with Crippen molar-refractivity contribution in [3.05, 3.63) is 94.9 Å². The van der Waals surface area contributed by atoms with Gasteiger partial charge >= 0.3 is 5.97 Å². The van der Waals surface area contributed by atoms with Crippen molar-refractivity contribution in [1.29, 1.82) is 0 Å². The number of nitrogens with one attached hydrogen (secondary N) is 1. The molecule has 0 saturated carbocycles. The Bertz CT molecular complexity index is 979. The van der Waals surface area contributed by atoms with Gasteiger partial charge in [0.15, 0.2) is 6.61 Å². The highest BCUT2D eigenvalue weighted by molar-refractivity contribution is 6.30. The highest BCUT2D eigenvalue weighted by atomic mass is 35.5. The third kappa shape index (κ3) is 5.83. The maximum Gasteiger partial charge on any atom is 0.339 e. The van der Waals surface area contributed by atoms with Crippen LogP contribution in [-0.2, 0) is 14.3 Å². The summed E-state index contributed by atoms with van der Waals surface area (Å²) in [6.07, 6.45) is 3.25. The van der Waals surface area contributed by atoms with Crippen LogP contribution in [0.4, 0.5) is 0 Å². The summed E-state index contributed by atoms with van der Waals surface area (Å²) < 4.78 is 10.5. The number of furan rings is 1. The molecule has 0 radical (unpaired) electrons. The normalized spacial score (nSPS) is 12.3. The molecule has 1 heterocycles. The van der Waals surface area contributed by atoms with Crippen LogP contribution in [0.5, 0.6) is 0 Å². The molecule has 1 aromatic heterocycles. The molecule has 29 heavy (non-hydrogen) atoms. The molecule has 0 saturated heterocycles. The van der Waals surface area contributed by atoms with Crippen LogP contribution in [-0.4, -0.2) is 18.5 Å². The first kappa shape index (κ1) is 20.4. The first-order valence-electron chi connectivity index (χ1n) is 9.05. The van der Waals surface area contributed by atoms with Crippen LogP contribution in [0.1, 0.15) is 29.9 Å². The molecule has 0 aliphatic rings. The van der Waals surface area contributed by atoms with E-state index < -0.39 is 18.5 Å². The summed E-state index contributed by atoms with van der Waals surface area (Å²) in [5.41, 5.74) is 1.82. The van der Waals surface area contributed by atoms with Crippen LogP contribution in [0.15, 0.2) is 77.4 Å². The molecule has 1 N–H and O–H groups in total. The fourth-order valence-corrected chi connectivity index (χ4v) is 2.83. The number of ether oxygens (including phenoxy) is 1. The Morgan fingerprint density at radius 2 is 1.79 bits per heavy atom. The summed E-state index contributed by atoms with van der Waals surface area (Å²) in [6.45, 7) is 1.39. The van der Waals surface area contributed by atoms with Crippen LogP contribution in [0.3, 0.4) is 0 Å². The van der Waals surface area contributed by atoms with Gasteiger partial charge in [-0.1, -0.05) is 54.1 Å². The van der Waals surface area contributed by atoms with Gasteiger partial charge in [0, 0.05) is 5.02 Å². The Labute approximate surface area is 173 Å². The van der Waals surface area contributed by atoms with E-state index in [0.717, 1.165) is 5.56 Å². The average Bonchev–Trinajstić information content (AvgIpc) is 3.27. The first-order valence-corrected chi connectivity index (χ1v) is 9.43. The monoisotopic (exact) mass is 409 g/mol. The summed E-state index contributed by atoms with van der Waals surface area (Å²) in [6, 6.07) is 19.4. The molecule has 0 fully saturated rings. The van der Waals surface area contributed by atoms with Crippen molar-refractivity contribution in [1.82, 2.24) is 5.32 Å². The molecular formula is C23H20ClNO4. The van der Waals surface area contributed by atoms with E-state index in [1.165, 1.54) is 6.26 Å². The largest absolute Gasteiger partial charge is 0.467 e. The van der Waals surface area contributed by atoms with Gasteiger partial charge in [-0.3, -0.25) is 4.79 Å². The lowest BCUT2D eigenvalue weighted by Gasteiger charge is -2.13. The maximum atomic E-state index is 12.7. The second kappa shape index (κ2) is 9.75. The van der Waals surface area contributed by atoms with Gasteiger partial charge in [0.1, 0.15) is 5.76 Å². The molecule has 1 amide bonds. The Kier molecular flexibility index (Phi) is 6.87. The van der Waals surface area contributed by atoms with Crippen molar-refractivity contribution in [3.8, 4) is 0 Å². The number of benzene rings is 2. The van der Waals surface area contributed by atoms with Gasteiger partial charge in [0.05, 0.1) is 17.9 Å². The van der Waals surface area contributed by atoms with Crippen LogP contribution in [0.25, 0.3) is 11.6 Å². The van der Waals surface area contributed by atoms with E-state index in [0.29, 0.717) is 21.9 Å². The molecule has 1 atom stereocenters. The number of esters is 1. The standard InChI is InChI=1S/C23H20ClNO4/c1-16(21-8-5-13-28-21)25-22(26)15-29-23(27)20(14-17-6-3-2-4-7-17)18-9-11-19(24)12-10-18/h2-14,16H,15H2,1H3,(H,25,26)/b20-14+/t16-/m0/s1. The molecule has 0 spiro atoms. The van der Waals surface area contributed by atoms with E-state index in [1.54, 1.807) is 49.4 Å². The van der Waals surface area contributed by atoms with Crippen molar-refractivity contribution in [2.75, 3.05) is 6.61 Å². The van der Waals surface area contributed by atoms with Gasteiger partial charge < -0.3 is 14.5 Å². The minimum atomic E-state index is -0.600. The zero-order chi connectivity index (χ0) is 20.6. The van der Waals surface area contributed by atoms with Crippen LogP contribution < -0.4 is 5.32 Å². The molecule has 0 aliphatic heterocycles. The predicted molar refractivity (Wildman–Crippen MR) is 112 cm³/mol. The fourth-order valence-electron chi connectivity index (χ4n) is 2.71. The highest BCUT2D eigenvalue weighted by Gasteiger charge is 2.17. The Hall–Kier alpha value is -3.31. The Morgan fingerprint density at radius 1 is 1.07 bits per heavy atom. The zero-order valence-electron chi connectivity index (χ0n) is 15.8. The number of amides is 1. The molecule has 6 heteroatoms. The summed E-state index contributed by atoms with van der Waals surface area (Å²) in [5, 5.41) is 3.29. The average molecular weight is 410 g/mol. The summed E-state index contributed by atoms with van der Waals surface area (Å²) in [7, 11) is 0. The van der Waals surface area contributed by atoms with E-state index in [2.05, 4.69) is 5.32 Å². The first-order chi connectivity index (χ1) is 14.0. The number of halogens is 1. The summed E-state index contributed by atoms with van der Waals surface area (Å²) in [4.78, 5) is 24.9. The van der Waals surface area contributed by atoms with Gasteiger partial charge in [-0.05, 0) is 48.4 Å². The molecule has 0 aliphatic carbocycles. The third-order valence-corrected chi connectivity index (χ3v) is 4.42. The van der Waals surface area contributed by atoms with Crippen LogP contribution >= 0.6 is 11.6 Å². The summed E-state index contributed by atoms with van der Waals surface area (Å²) in [5.74, 6) is -0.398. The smallest absolute Gasteiger partial charge is 0.339 e. The van der Waals surface area contributed by atoms with E-state index in [1.807, 2.05) is 30.3 Å². The molecule has 0 bridgehead atoms. The van der Waals surface area contributed by atoms with Crippen LogP contribution in [0.2, 0.25) is 5.02 Å². The van der Waals surface area contributed by atoms with Gasteiger partial charge in [0.2, 0.25) is 0 Å². The molecular weight excluding hydrogens is 390 g/mol. The SMILES string of the molecule is C[C@H](NC(=O)COC(=O)/C(=C/c1ccccc1)c1ccc(Cl)cc1)c1ccco1. The highest BCUT2D eigenvalue weighted by Crippen LogP contribution is 2.22. The van der Waals surface area contributed by atoms with Crippen molar-refractivity contribution in [2.24, 2.45) is 0 Å².